The second-order valence-electron chi connectivity index (χ2n) is 7.72. The fourth-order valence-corrected chi connectivity index (χ4v) is 5.11. The van der Waals surface area contributed by atoms with Crippen molar-refractivity contribution in [3.63, 3.8) is 0 Å². The van der Waals surface area contributed by atoms with Crippen molar-refractivity contribution >= 4 is 43.3 Å². The van der Waals surface area contributed by atoms with Crippen molar-refractivity contribution in [3.8, 4) is 0 Å². The summed E-state index contributed by atoms with van der Waals surface area (Å²) in [5.74, 6) is 0. The molecule has 4 nitrogen and oxygen atoms in total. The van der Waals surface area contributed by atoms with Gasteiger partial charge in [-0.3, -0.25) is 0 Å². The lowest BCUT2D eigenvalue weighted by molar-refractivity contribution is 0.690. The van der Waals surface area contributed by atoms with Gasteiger partial charge in [0, 0.05) is 50.0 Å². The Bertz CT molecular complexity index is 1170. The molecule has 4 aromatic rings. The zero-order valence-corrected chi connectivity index (χ0v) is 17.1. The summed E-state index contributed by atoms with van der Waals surface area (Å²) in [6.07, 6.45) is 1.10. The minimum absolute atomic E-state index is 0.963. The number of anilines is 2. The molecule has 2 aromatic carbocycles. The van der Waals surface area contributed by atoms with Crippen LogP contribution in [0.1, 0.15) is 16.8 Å². The number of aromatic nitrogens is 2. The van der Waals surface area contributed by atoms with Crippen LogP contribution in [0.15, 0.2) is 36.4 Å². The molecule has 3 heterocycles. The molecule has 5 heteroatoms. The predicted molar refractivity (Wildman–Crippen MR) is 116 cm³/mol. The SMILES string of the molecule is Cc1ccc2c(c1)c1c(n2C)CN(c2ccc3nc(N(C)C)sc3c2)CC1. The fraction of sp³-hybridized carbons (Fsp3) is 0.318. The summed E-state index contributed by atoms with van der Waals surface area (Å²) in [5, 5.41) is 2.49. The molecule has 1 aliphatic rings. The van der Waals surface area contributed by atoms with E-state index in [0.717, 1.165) is 30.2 Å². The molecule has 138 valence electrons. The Kier molecular flexibility index (Phi) is 3.69. The first-order valence-corrected chi connectivity index (χ1v) is 10.2. The van der Waals surface area contributed by atoms with Gasteiger partial charge in [0.25, 0.3) is 0 Å². The molecule has 0 saturated carbocycles. The second kappa shape index (κ2) is 5.99. The molecule has 0 N–H and O–H groups in total. The molecule has 1 aliphatic heterocycles. The Balaban J connectivity index is 1.53. The van der Waals surface area contributed by atoms with Crippen molar-refractivity contribution in [1.82, 2.24) is 9.55 Å². The first-order chi connectivity index (χ1) is 13.0. The monoisotopic (exact) mass is 376 g/mol. The number of hydrogen-bond donors (Lipinski definition) is 0. The van der Waals surface area contributed by atoms with Crippen molar-refractivity contribution in [2.75, 3.05) is 30.4 Å². The Morgan fingerprint density at radius 1 is 1.11 bits per heavy atom. The lowest BCUT2D eigenvalue weighted by Gasteiger charge is -2.30. The van der Waals surface area contributed by atoms with Gasteiger partial charge in [0.05, 0.1) is 16.8 Å². The van der Waals surface area contributed by atoms with Crippen molar-refractivity contribution in [2.24, 2.45) is 7.05 Å². The summed E-state index contributed by atoms with van der Waals surface area (Å²) in [7, 11) is 6.30. The number of benzene rings is 2. The summed E-state index contributed by atoms with van der Waals surface area (Å²) in [6, 6.07) is 13.5. The van der Waals surface area contributed by atoms with E-state index in [1.165, 1.54) is 38.1 Å². The zero-order chi connectivity index (χ0) is 18.7. The summed E-state index contributed by atoms with van der Waals surface area (Å²) >= 11 is 1.76. The highest BCUT2D eigenvalue weighted by Crippen LogP contribution is 2.35. The van der Waals surface area contributed by atoms with Crippen LogP contribution in [0.25, 0.3) is 21.1 Å². The first kappa shape index (κ1) is 16.6. The van der Waals surface area contributed by atoms with Gasteiger partial charge in [-0.25, -0.2) is 4.98 Å². The minimum atomic E-state index is 0.963. The quantitative estimate of drug-likeness (QED) is 0.506. The zero-order valence-electron chi connectivity index (χ0n) is 16.3. The van der Waals surface area contributed by atoms with Crippen LogP contribution in [0, 0.1) is 6.92 Å². The van der Waals surface area contributed by atoms with Crippen molar-refractivity contribution in [3.05, 3.63) is 53.2 Å². The Morgan fingerprint density at radius 2 is 1.96 bits per heavy atom. The van der Waals surface area contributed by atoms with E-state index in [0.29, 0.717) is 0 Å². The molecule has 0 saturated heterocycles. The van der Waals surface area contributed by atoms with E-state index in [1.54, 1.807) is 11.3 Å². The van der Waals surface area contributed by atoms with Gasteiger partial charge < -0.3 is 14.4 Å². The largest absolute Gasteiger partial charge is 0.365 e. The molecule has 0 amide bonds. The van der Waals surface area contributed by atoms with E-state index >= 15 is 0 Å². The van der Waals surface area contributed by atoms with E-state index in [2.05, 4.69) is 64.7 Å². The van der Waals surface area contributed by atoms with Crippen molar-refractivity contribution < 1.29 is 0 Å². The maximum Gasteiger partial charge on any atom is 0.185 e. The maximum absolute atomic E-state index is 4.71. The van der Waals surface area contributed by atoms with Crippen LogP contribution in [0.3, 0.4) is 0 Å². The van der Waals surface area contributed by atoms with Crippen LogP contribution in [0.5, 0.6) is 0 Å². The highest BCUT2D eigenvalue weighted by molar-refractivity contribution is 7.22. The third kappa shape index (κ3) is 2.60. The molecule has 0 atom stereocenters. The van der Waals surface area contributed by atoms with Crippen LogP contribution in [-0.2, 0) is 20.0 Å². The van der Waals surface area contributed by atoms with E-state index in [4.69, 9.17) is 4.98 Å². The number of nitrogens with zero attached hydrogens (tertiary/aromatic N) is 4. The number of hydrogen-bond acceptors (Lipinski definition) is 4. The van der Waals surface area contributed by atoms with Gasteiger partial charge in [0.15, 0.2) is 5.13 Å². The van der Waals surface area contributed by atoms with Crippen molar-refractivity contribution in [2.45, 2.75) is 19.9 Å². The van der Waals surface area contributed by atoms with Crippen LogP contribution in [-0.4, -0.2) is 30.2 Å². The van der Waals surface area contributed by atoms with Gasteiger partial charge in [-0.15, -0.1) is 0 Å². The molecule has 0 bridgehead atoms. The molecule has 0 unspecified atom stereocenters. The molecule has 0 spiro atoms. The summed E-state index contributed by atoms with van der Waals surface area (Å²) in [4.78, 5) is 9.29. The van der Waals surface area contributed by atoms with Crippen LogP contribution >= 0.6 is 11.3 Å². The second-order valence-corrected chi connectivity index (χ2v) is 8.73. The Morgan fingerprint density at radius 3 is 2.78 bits per heavy atom. The Labute approximate surface area is 163 Å². The summed E-state index contributed by atoms with van der Waals surface area (Å²) < 4.78 is 3.64. The molecule has 2 aromatic heterocycles. The highest BCUT2D eigenvalue weighted by Gasteiger charge is 2.23. The minimum Gasteiger partial charge on any atom is -0.365 e. The number of thiazole rings is 1. The highest BCUT2D eigenvalue weighted by atomic mass is 32.1. The third-order valence-corrected chi connectivity index (χ3v) is 6.86. The number of rotatable bonds is 2. The maximum atomic E-state index is 4.71. The van der Waals surface area contributed by atoms with E-state index in [-0.39, 0.29) is 0 Å². The standard InChI is InChI=1S/C22H24N4S/c1-14-5-8-19-17(11-14)16-9-10-26(13-20(16)25(19)4)15-6-7-18-21(12-15)27-22(23-18)24(2)3/h5-8,11-12H,9-10,13H2,1-4H3. The molecule has 27 heavy (non-hydrogen) atoms. The van der Waals surface area contributed by atoms with Crippen LogP contribution in [0.2, 0.25) is 0 Å². The molecular formula is C22H24N4S. The first-order valence-electron chi connectivity index (χ1n) is 9.41. The molecule has 0 aliphatic carbocycles. The number of aryl methyl sites for hydroxylation is 2. The number of fused-ring (bicyclic) bond motifs is 4. The molecule has 0 fully saturated rings. The smallest absolute Gasteiger partial charge is 0.185 e. The normalized spacial score (nSPS) is 14.1. The van der Waals surface area contributed by atoms with Gasteiger partial charge in [-0.1, -0.05) is 23.0 Å². The topological polar surface area (TPSA) is 24.3 Å². The third-order valence-electron chi connectivity index (χ3n) is 5.67. The lowest BCUT2D eigenvalue weighted by atomic mass is 10.0. The predicted octanol–water partition coefficient (Wildman–Crippen LogP) is 4.73. The average molecular weight is 377 g/mol. The van der Waals surface area contributed by atoms with E-state index in [9.17, 15) is 0 Å². The van der Waals surface area contributed by atoms with Crippen LogP contribution in [0.4, 0.5) is 10.8 Å². The van der Waals surface area contributed by atoms with Gasteiger partial charge in [-0.2, -0.15) is 0 Å². The lowest BCUT2D eigenvalue weighted by Crippen LogP contribution is -2.31. The van der Waals surface area contributed by atoms with Crippen molar-refractivity contribution in [1.29, 1.82) is 0 Å². The van der Waals surface area contributed by atoms with Gasteiger partial charge in [-0.05, 0) is 49.2 Å². The van der Waals surface area contributed by atoms with Gasteiger partial charge >= 0.3 is 0 Å². The van der Waals surface area contributed by atoms with Gasteiger partial charge in [0.2, 0.25) is 0 Å². The van der Waals surface area contributed by atoms with Gasteiger partial charge in [0.1, 0.15) is 0 Å². The summed E-state index contributed by atoms with van der Waals surface area (Å²) in [6.45, 7) is 4.20. The fourth-order valence-electron chi connectivity index (χ4n) is 4.18. The average Bonchev–Trinajstić information content (AvgIpc) is 3.21. The summed E-state index contributed by atoms with van der Waals surface area (Å²) in [5.41, 5.74) is 8.04. The van der Waals surface area contributed by atoms with Crippen LogP contribution < -0.4 is 9.80 Å². The molecule has 5 rings (SSSR count). The molecule has 0 radical (unpaired) electrons. The Hall–Kier alpha value is -2.53. The van der Waals surface area contributed by atoms with E-state index in [1.807, 2.05) is 14.1 Å². The molecular weight excluding hydrogens is 352 g/mol. The van der Waals surface area contributed by atoms with E-state index < -0.39 is 0 Å².